The maximum atomic E-state index is 11.0. The van der Waals surface area contributed by atoms with Crippen LogP contribution < -0.4 is 5.32 Å². The van der Waals surface area contributed by atoms with E-state index in [1.807, 2.05) is 0 Å². The first-order valence-electron chi connectivity index (χ1n) is 4.69. The van der Waals surface area contributed by atoms with E-state index >= 15 is 0 Å². The molecule has 0 spiro atoms. The van der Waals surface area contributed by atoms with Crippen LogP contribution in [0.5, 0.6) is 0 Å². The molecule has 0 aromatic rings. The molecule has 1 saturated carbocycles. The Bertz CT molecular complexity index is 169. The average Bonchev–Trinajstić information content (AvgIpc) is 2.87. The van der Waals surface area contributed by atoms with Gasteiger partial charge in [0.05, 0.1) is 6.61 Å². The molecule has 1 amide bonds. The van der Waals surface area contributed by atoms with Crippen LogP contribution in [0.4, 0.5) is 0 Å². The van der Waals surface area contributed by atoms with Gasteiger partial charge in [-0.3, -0.25) is 4.79 Å². The highest BCUT2D eigenvalue weighted by Gasteiger charge is 2.20. The van der Waals surface area contributed by atoms with Crippen molar-refractivity contribution in [2.45, 2.75) is 25.1 Å². The van der Waals surface area contributed by atoms with Crippen LogP contribution in [0.15, 0.2) is 0 Å². The molecule has 0 bridgehead atoms. The lowest BCUT2D eigenvalue weighted by Crippen LogP contribution is -2.32. The molecule has 0 radical (unpaired) electrons. The van der Waals surface area contributed by atoms with Crippen molar-refractivity contribution < 1.29 is 9.53 Å². The van der Waals surface area contributed by atoms with Crippen molar-refractivity contribution in [2.24, 2.45) is 5.92 Å². The molecule has 0 aliphatic heterocycles. The van der Waals surface area contributed by atoms with Crippen molar-refractivity contribution >= 4 is 17.5 Å². The number of carbonyl (C=O) groups excluding carboxylic acids is 1. The highest BCUT2D eigenvalue weighted by atomic mass is 35.5. The standard InChI is InChI=1S/C9H16ClNO2/c1-7(10)9(12)11-4-5-13-6-8-2-3-8/h7-8H,2-6H2,1H3,(H,11,12). The zero-order valence-corrected chi connectivity index (χ0v) is 8.64. The topological polar surface area (TPSA) is 38.3 Å². The van der Waals surface area contributed by atoms with Crippen LogP contribution in [0.1, 0.15) is 19.8 Å². The summed E-state index contributed by atoms with van der Waals surface area (Å²) in [5.41, 5.74) is 0. The third kappa shape index (κ3) is 5.11. The molecule has 4 heteroatoms. The second-order valence-electron chi connectivity index (χ2n) is 3.43. The van der Waals surface area contributed by atoms with Gasteiger partial charge in [-0.05, 0) is 25.7 Å². The van der Waals surface area contributed by atoms with Crippen LogP contribution in [0.3, 0.4) is 0 Å². The van der Waals surface area contributed by atoms with Gasteiger partial charge >= 0.3 is 0 Å². The molecule has 0 aromatic carbocycles. The molecule has 1 rings (SSSR count). The number of amides is 1. The fourth-order valence-corrected chi connectivity index (χ4v) is 0.999. The van der Waals surface area contributed by atoms with Crippen LogP contribution in [0.25, 0.3) is 0 Å². The number of carbonyl (C=O) groups is 1. The van der Waals surface area contributed by atoms with E-state index in [4.69, 9.17) is 16.3 Å². The van der Waals surface area contributed by atoms with E-state index < -0.39 is 5.38 Å². The SMILES string of the molecule is CC(Cl)C(=O)NCCOCC1CC1. The molecule has 1 aliphatic rings. The van der Waals surface area contributed by atoms with Gasteiger partial charge in [-0.25, -0.2) is 0 Å². The second-order valence-corrected chi connectivity index (χ2v) is 4.08. The summed E-state index contributed by atoms with van der Waals surface area (Å²) in [5, 5.41) is 2.23. The maximum Gasteiger partial charge on any atom is 0.237 e. The van der Waals surface area contributed by atoms with Gasteiger partial charge in [0.15, 0.2) is 0 Å². The van der Waals surface area contributed by atoms with E-state index in [0.717, 1.165) is 12.5 Å². The molecular formula is C9H16ClNO2. The molecule has 1 atom stereocenters. The van der Waals surface area contributed by atoms with Crippen LogP contribution in [0, 0.1) is 5.92 Å². The van der Waals surface area contributed by atoms with E-state index in [-0.39, 0.29) is 5.91 Å². The quantitative estimate of drug-likeness (QED) is 0.522. The molecule has 0 aromatic heterocycles. The van der Waals surface area contributed by atoms with Gasteiger partial charge in [0.2, 0.25) is 5.91 Å². The summed E-state index contributed by atoms with van der Waals surface area (Å²) in [6.45, 7) is 3.64. The van der Waals surface area contributed by atoms with Crippen LogP contribution >= 0.6 is 11.6 Å². The van der Waals surface area contributed by atoms with Crippen molar-refractivity contribution in [3.8, 4) is 0 Å². The number of ether oxygens (including phenoxy) is 1. The minimum atomic E-state index is -0.455. The highest BCUT2D eigenvalue weighted by Crippen LogP contribution is 2.28. The van der Waals surface area contributed by atoms with E-state index in [9.17, 15) is 4.79 Å². The normalized spacial score (nSPS) is 18.3. The van der Waals surface area contributed by atoms with E-state index in [0.29, 0.717) is 13.2 Å². The number of alkyl halides is 1. The molecule has 1 unspecified atom stereocenters. The number of hydrogen-bond donors (Lipinski definition) is 1. The smallest absolute Gasteiger partial charge is 0.237 e. The van der Waals surface area contributed by atoms with Gasteiger partial charge in [0, 0.05) is 13.2 Å². The fraction of sp³-hybridized carbons (Fsp3) is 0.889. The summed E-state index contributed by atoms with van der Waals surface area (Å²) in [5.74, 6) is 0.652. The van der Waals surface area contributed by atoms with Gasteiger partial charge in [-0.2, -0.15) is 0 Å². The van der Waals surface area contributed by atoms with Crippen LogP contribution in [-0.2, 0) is 9.53 Å². The van der Waals surface area contributed by atoms with Crippen molar-refractivity contribution in [3.63, 3.8) is 0 Å². The first-order chi connectivity index (χ1) is 6.20. The number of halogens is 1. The Morgan fingerprint density at radius 3 is 2.92 bits per heavy atom. The second kappa shape index (κ2) is 5.45. The molecule has 3 nitrogen and oxygen atoms in total. The van der Waals surface area contributed by atoms with E-state index in [1.54, 1.807) is 6.92 Å². The van der Waals surface area contributed by atoms with Crippen LogP contribution in [-0.4, -0.2) is 31.0 Å². The van der Waals surface area contributed by atoms with E-state index in [2.05, 4.69) is 5.32 Å². The van der Waals surface area contributed by atoms with Gasteiger partial charge in [-0.15, -0.1) is 11.6 Å². The Hall–Kier alpha value is -0.280. The van der Waals surface area contributed by atoms with Crippen molar-refractivity contribution in [3.05, 3.63) is 0 Å². The van der Waals surface area contributed by atoms with Gasteiger partial charge < -0.3 is 10.1 Å². The van der Waals surface area contributed by atoms with E-state index in [1.165, 1.54) is 12.8 Å². The first kappa shape index (κ1) is 10.8. The molecule has 0 heterocycles. The van der Waals surface area contributed by atoms with Crippen molar-refractivity contribution in [1.82, 2.24) is 5.32 Å². The lowest BCUT2D eigenvalue weighted by molar-refractivity contribution is -0.120. The summed E-state index contributed by atoms with van der Waals surface area (Å²) in [6.07, 6.45) is 2.59. The molecule has 1 N–H and O–H groups in total. The molecule has 76 valence electrons. The Kier molecular flexibility index (Phi) is 4.53. The maximum absolute atomic E-state index is 11.0. The largest absolute Gasteiger partial charge is 0.379 e. The Morgan fingerprint density at radius 1 is 1.69 bits per heavy atom. The lowest BCUT2D eigenvalue weighted by Gasteiger charge is -2.06. The fourth-order valence-electron chi connectivity index (χ4n) is 0.922. The predicted octanol–water partition coefficient (Wildman–Crippen LogP) is 1.16. The first-order valence-corrected chi connectivity index (χ1v) is 5.13. The number of rotatable bonds is 6. The average molecular weight is 206 g/mol. The highest BCUT2D eigenvalue weighted by molar-refractivity contribution is 6.30. The lowest BCUT2D eigenvalue weighted by atomic mass is 10.4. The third-order valence-electron chi connectivity index (χ3n) is 1.96. The van der Waals surface area contributed by atoms with Gasteiger partial charge in [0.25, 0.3) is 0 Å². The molecule has 0 saturated heterocycles. The molecule has 1 fully saturated rings. The molecule has 1 aliphatic carbocycles. The predicted molar refractivity (Wildman–Crippen MR) is 51.9 cm³/mol. The van der Waals surface area contributed by atoms with Gasteiger partial charge in [-0.1, -0.05) is 0 Å². The summed E-state index contributed by atoms with van der Waals surface area (Å²) in [6, 6.07) is 0. The number of hydrogen-bond acceptors (Lipinski definition) is 2. The zero-order chi connectivity index (χ0) is 9.68. The Labute approximate surface area is 83.8 Å². The summed E-state index contributed by atoms with van der Waals surface area (Å²) in [7, 11) is 0. The zero-order valence-electron chi connectivity index (χ0n) is 7.88. The van der Waals surface area contributed by atoms with Crippen LogP contribution in [0.2, 0.25) is 0 Å². The number of nitrogens with one attached hydrogen (secondary N) is 1. The minimum absolute atomic E-state index is 0.128. The summed E-state index contributed by atoms with van der Waals surface area (Å²) < 4.78 is 5.33. The van der Waals surface area contributed by atoms with Gasteiger partial charge in [0.1, 0.15) is 5.38 Å². The monoisotopic (exact) mass is 205 g/mol. The third-order valence-corrected chi connectivity index (χ3v) is 2.16. The summed E-state index contributed by atoms with van der Waals surface area (Å²) >= 11 is 5.55. The van der Waals surface area contributed by atoms with Crippen molar-refractivity contribution in [2.75, 3.05) is 19.8 Å². The molecule has 13 heavy (non-hydrogen) atoms. The molecular weight excluding hydrogens is 190 g/mol. The van der Waals surface area contributed by atoms with Crippen molar-refractivity contribution in [1.29, 1.82) is 0 Å². The summed E-state index contributed by atoms with van der Waals surface area (Å²) in [4.78, 5) is 11.0. The minimum Gasteiger partial charge on any atom is -0.379 e. The Morgan fingerprint density at radius 2 is 2.38 bits per heavy atom. The Balaban J connectivity index is 1.85.